The fourth-order valence-corrected chi connectivity index (χ4v) is 7.10. The van der Waals surface area contributed by atoms with Crippen molar-refractivity contribution in [3.8, 4) is 5.69 Å². The number of nitrogens with one attached hydrogen (secondary N) is 1. The molecule has 1 aromatic heterocycles. The summed E-state index contributed by atoms with van der Waals surface area (Å²) >= 11 is 0. The lowest BCUT2D eigenvalue weighted by Crippen LogP contribution is -2.51. The van der Waals surface area contributed by atoms with Crippen LogP contribution in [0.3, 0.4) is 0 Å². The van der Waals surface area contributed by atoms with Crippen LogP contribution in [0.4, 0.5) is 5.69 Å². The van der Waals surface area contributed by atoms with Gasteiger partial charge in [-0.15, -0.1) is 0 Å². The Morgan fingerprint density at radius 2 is 1.55 bits per heavy atom. The van der Waals surface area contributed by atoms with Gasteiger partial charge >= 0.3 is 0 Å². The number of carbonyl (C=O) groups excluding carboxylic acids is 2. The lowest BCUT2D eigenvalue weighted by atomic mass is 9.75. The van der Waals surface area contributed by atoms with Crippen LogP contribution < -0.4 is 15.8 Å². The summed E-state index contributed by atoms with van der Waals surface area (Å²) in [5.74, 6) is -1.25. The van der Waals surface area contributed by atoms with E-state index >= 15 is 0 Å². The van der Waals surface area contributed by atoms with Crippen molar-refractivity contribution in [2.24, 2.45) is 17.8 Å². The Labute approximate surface area is 220 Å². The van der Waals surface area contributed by atoms with Crippen molar-refractivity contribution >= 4 is 28.4 Å². The summed E-state index contributed by atoms with van der Waals surface area (Å²) in [6.45, 7) is 7.99. The highest BCUT2D eigenvalue weighted by Gasteiger charge is 2.70. The number of carbonyl (C=O) groups is 2. The lowest BCUT2D eigenvalue weighted by Gasteiger charge is -2.32. The molecule has 3 aromatic carbocycles. The van der Waals surface area contributed by atoms with Crippen LogP contribution in [0, 0.1) is 31.6 Å². The number of anilines is 1. The van der Waals surface area contributed by atoms with E-state index in [0.29, 0.717) is 28.1 Å². The van der Waals surface area contributed by atoms with Crippen LogP contribution in [-0.4, -0.2) is 27.4 Å². The predicted octanol–water partition coefficient (Wildman–Crippen LogP) is 3.99. The fraction of sp³-hybridized carbons (Fsp3) is 0.290. The summed E-state index contributed by atoms with van der Waals surface area (Å²) < 4.78 is 1.64. The van der Waals surface area contributed by atoms with Crippen LogP contribution in [0.2, 0.25) is 0 Å². The van der Waals surface area contributed by atoms with Gasteiger partial charge in [-0.25, -0.2) is 9.88 Å². The standard InChI is InChI=1S/C31H28N4O3/c1-16(2)25-23-24(29(38)35(28(23)37)26-17(3)10-9-11-18(26)4)31(33-25)20-13-6-8-15-22(20)34-27(36)19-12-5-7-14-21(19)32-30(31)34/h5-16,23-25,33H,1-4H3/t23-,24-,25+,31+/m1/s1. The molecule has 7 heteroatoms. The Hall–Kier alpha value is -4.10. The highest BCUT2D eigenvalue weighted by atomic mass is 16.2. The van der Waals surface area contributed by atoms with Crippen molar-refractivity contribution in [1.29, 1.82) is 0 Å². The zero-order valence-electron chi connectivity index (χ0n) is 21.7. The molecule has 38 heavy (non-hydrogen) atoms. The molecular weight excluding hydrogens is 476 g/mol. The summed E-state index contributed by atoms with van der Waals surface area (Å²) in [6, 6.07) is 20.5. The van der Waals surface area contributed by atoms with E-state index < -0.39 is 17.4 Å². The number of imide groups is 1. The highest BCUT2D eigenvalue weighted by Crippen LogP contribution is 2.56. The smallest absolute Gasteiger partial charge is 0.266 e. The summed E-state index contributed by atoms with van der Waals surface area (Å²) in [7, 11) is 0. The van der Waals surface area contributed by atoms with Crippen LogP contribution in [0.5, 0.6) is 0 Å². The Balaban J connectivity index is 1.55. The molecule has 0 bridgehead atoms. The van der Waals surface area contributed by atoms with Crippen LogP contribution in [0.1, 0.15) is 36.4 Å². The number of aryl methyl sites for hydroxylation is 2. The summed E-state index contributed by atoms with van der Waals surface area (Å²) in [5.41, 5.74) is 3.21. The maximum atomic E-state index is 14.5. The van der Waals surface area contributed by atoms with E-state index in [0.717, 1.165) is 16.7 Å². The number of para-hydroxylation sites is 3. The molecule has 2 fully saturated rings. The molecule has 190 valence electrons. The van der Waals surface area contributed by atoms with Crippen molar-refractivity contribution in [2.75, 3.05) is 4.90 Å². The minimum Gasteiger partial charge on any atom is -0.296 e. The lowest BCUT2D eigenvalue weighted by molar-refractivity contribution is -0.123. The Bertz CT molecular complexity index is 1740. The topological polar surface area (TPSA) is 84.3 Å². The number of aromatic nitrogens is 2. The molecule has 7 nitrogen and oxygen atoms in total. The number of hydrogen-bond acceptors (Lipinski definition) is 5. The van der Waals surface area contributed by atoms with Crippen molar-refractivity contribution in [1.82, 2.24) is 14.9 Å². The molecule has 0 aliphatic carbocycles. The monoisotopic (exact) mass is 504 g/mol. The van der Waals surface area contributed by atoms with Gasteiger partial charge in [0.05, 0.1) is 34.1 Å². The van der Waals surface area contributed by atoms with Crippen molar-refractivity contribution < 1.29 is 9.59 Å². The number of amides is 2. The van der Waals surface area contributed by atoms with E-state index in [1.165, 1.54) is 4.90 Å². The maximum absolute atomic E-state index is 14.5. The summed E-state index contributed by atoms with van der Waals surface area (Å²) in [6.07, 6.45) is 0. The highest BCUT2D eigenvalue weighted by molar-refractivity contribution is 6.24. The first-order valence-electron chi connectivity index (χ1n) is 13.1. The van der Waals surface area contributed by atoms with E-state index in [-0.39, 0.29) is 29.3 Å². The van der Waals surface area contributed by atoms with Crippen molar-refractivity contribution in [3.05, 3.63) is 99.6 Å². The van der Waals surface area contributed by atoms with Gasteiger partial charge in [-0.2, -0.15) is 0 Å². The molecule has 7 rings (SSSR count). The number of nitrogens with zero attached hydrogens (tertiary/aromatic N) is 3. The SMILES string of the molecule is Cc1cccc(C)c1N1C(=O)[C@H]2[C@H](C(C)C)N[C@@]3(c4ccccc4-n4c3nc3ccccc3c4=O)[C@H]2C1=O. The molecule has 0 radical (unpaired) electrons. The largest absolute Gasteiger partial charge is 0.296 e. The van der Waals surface area contributed by atoms with E-state index in [1.807, 2.05) is 74.5 Å². The third kappa shape index (κ3) is 2.67. The van der Waals surface area contributed by atoms with E-state index in [2.05, 4.69) is 19.2 Å². The second kappa shape index (κ2) is 7.71. The van der Waals surface area contributed by atoms with E-state index in [4.69, 9.17) is 4.98 Å². The van der Waals surface area contributed by atoms with Crippen LogP contribution in [0.15, 0.2) is 71.5 Å². The number of fused-ring (bicyclic) bond motifs is 8. The summed E-state index contributed by atoms with van der Waals surface area (Å²) in [4.78, 5) is 49.1. The van der Waals surface area contributed by atoms with Gasteiger partial charge in [0.15, 0.2) is 0 Å². The van der Waals surface area contributed by atoms with E-state index in [9.17, 15) is 14.4 Å². The molecule has 4 atom stereocenters. The zero-order valence-corrected chi connectivity index (χ0v) is 21.7. The van der Waals surface area contributed by atoms with Crippen LogP contribution in [0.25, 0.3) is 16.6 Å². The number of benzene rings is 3. The zero-order chi connectivity index (χ0) is 26.5. The third-order valence-corrected chi connectivity index (χ3v) is 8.68. The minimum absolute atomic E-state index is 0.0601. The molecule has 2 amide bonds. The molecule has 4 heterocycles. The number of rotatable bonds is 2. The van der Waals surface area contributed by atoms with E-state index in [1.54, 1.807) is 10.6 Å². The van der Waals surface area contributed by atoms with Crippen molar-refractivity contribution in [3.63, 3.8) is 0 Å². The average Bonchev–Trinajstić information content (AvgIpc) is 3.49. The second-order valence-electron chi connectivity index (χ2n) is 11.1. The van der Waals surface area contributed by atoms with Gasteiger partial charge in [-0.3, -0.25) is 24.3 Å². The molecule has 3 aliphatic rings. The first-order chi connectivity index (χ1) is 18.3. The Kier molecular flexibility index (Phi) is 4.68. The number of hydrogen-bond donors (Lipinski definition) is 1. The molecule has 3 aliphatic heterocycles. The summed E-state index contributed by atoms with van der Waals surface area (Å²) in [5, 5.41) is 4.26. The van der Waals surface area contributed by atoms with Gasteiger partial charge in [0.2, 0.25) is 11.8 Å². The molecule has 1 spiro atoms. The van der Waals surface area contributed by atoms with Crippen LogP contribution in [-0.2, 0) is 15.1 Å². The van der Waals surface area contributed by atoms with Gasteiger partial charge in [0, 0.05) is 11.6 Å². The van der Waals surface area contributed by atoms with Crippen LogP contribution >= 0.6 is 0 Å². The average molecular weight is 505 g/mol. The molecule has 4 aromatic rings. The Morgan fingerprint density at radius 1 is 0.868 bits per heavy atom. The van der Waals surface area contributed by atoms with Gasteiger partial charge in [0.1, 0.15) is 11.4 Å². The van der Waals surface area contributed by atoms with Gasteiger partial charge < -0.3 is 0 Å². The first-order valence-corrected chi connectivity index (χ1v) is 13.1. The first kappa shape index (κ1) is 23.0. The van der Waals surface area contributed by atoms with Gasteiger partial charge in [-0.05, 0) is 49.1 Å². The molecule has 2 saturated heterocycles. The molecule has 0 unspecified atom stereocenters. The predicted molar refractivity (Wildman–Crippen MR) is 145 cm³/mol. The minimum atomic E-state index is -1.11. The van der Waals surface area contributed by atoms with Crippen molar-refractivity contribution in [2.45, 2.75) is 39.3 Å². The Morgan fingerprint density at radius 3 is 2.29 bits per heavy atom. The second-order valence-corrected chi connectivity index (χ2v) is 11.1. The fourth-order valence-electron chi connectivity index (χ4n) is 7.10. The normalized spacial score (nSPS) is 25.5. The molecule has 0 saturated carbocycles. The third-order valence-electron chi connectivity index (χ3n) is 8.68. The van der Waals surface area contributed by atoms with Gasteiger partial charge in [-0.1, -0.05) is 62.4 Å². The molecular formula is C31H28N4O3. The quantitative estimate of drug-likeness (QED) is 0.418. The maximum Gasteiger partial charge on any atom is 0.266 e. The van der Waals surface area contributed by atoms with Gasteiger partial charge in [0.25, 0.3) is 5.56 Å². The molecule has 1 N–H and O–H groups in total.